The first-order valence-electron chi connectivity index (χ1n) is 9.08. The second-order valence-electron chi connectivity index (χ2n) is 6.84. The molecule has 0 saturated carbocycles. The Morgan fingerprint density at radius 1 is 1.24 bits per heavy atom. The number of carbonyl (C=O) groups is 1. The number of nitrogens with one attached hydrogen (secondary N) is 1. The van der Waals surface area contributed by atoms with E-state index in [1.54, 1.807) is 36.4 Å². The van der Waals surface area contributed by atoms with E-state index in [1.165, 1.54) is 16.4 Å². The van der Waals surface area contributed by atoms with Crippen molar-refractivity contribution < 1.29 is 22.0 Å². The van der Waals surface area contributed by atoms with Gasteiger partial charge in [0, 0.05) is 24.5 Å². The van der Waals surface area contributed by atoms with Crippen molar-refractivity contribution in [3.05, 3.63) is 64.4 Å². The number of fused-ring (bicyclic) bond motifs is 1. The summed E-state index contributed by atoms with van der Waals surface area (Å²) in [7, 11) is -3.94. The molecule has 1 aliphatic heterocycles. The van der Waals surface area contributed by atoms with Crippen LogP contribution >= 0.6 is 15.9 Å². The Labute approximate surface area is 175 Å². The molecule has 1 atom stereocenters. The van der Waals surface area contributed by atoms with Crippen LogP contribution in [0.2, 0.25) is 0 Å². The molecular weight excluding hydrogens is 463 g/mol. The van der Waals surface area contributed by atoms with E-state index in [1.807, 2.05) is 0 Å². The predicted molar refractivity (Wildman–Crippen MR) is 109 cm³/mol. The van der Waals surface area contributed by atoms with Crippen LogP contribution in [-0.4, -0.2) is 31.2 Å². The monoisotopic (exact) mass is 480 g/mol. The molecule has 0 bridgehead atoms. The van der Waals surface area contributed by atoms with E-state index < -0.39 is 16.1 Å². The van der Waals surface area contributed by atoms with E-state index in [-0.39, 0.29) is 29.9 Å². The van der Waals surface area contributed by atoms with Crippen LogP contribution in [0.25, 0.3) is 11.0 Å². The van der Waals surface area contributed by atoms with Crippen molar-refractivity contribution in [3.63, 3.8) is 0 Å². The van der Waals surface area contributed by atoms with Crippen LogP contribution in [0, 0.1) is 5.82 Å². The molecule has 9 heteroatoms. The smallest absolute Gasteiger partial charge is 0.277 e. The summed E-state index contributed by atoms with van der Waals surface area (Å²) in [5, 5.41) is 3.27. The minimum atomic E-state index is -3.94. The van der Waals surface area contributed by atoms with Crippen molar-refractivity contribution in [1.29, 1.82) is 0 Å². The largest absolute Gasteiger partial charge is 0.443 e. The Morgan fingerprint density at radius 3 is 2.79 bits per heavy atom. The van der Waals surface area contributed by atoms with Crippen LogP contribution in [0.5, 0.6) is 0 Å². The molecule has 0 aliphatic carbocycles. The van der Waals surface area contributed by atoms with Gasteiger partial charge in [-0.2, -0.15) is 4.31 Å². The highest BCUT2D eigenvalue weighted by Crippen LogP contribution is 2.30. The molecule has 2 heterocycles. The number of sulfonamides is 1. The zero-order valence-corrected chi connectivity index (χ0v) is 17.7. The number of hydrogen-bond donors (Lipinski definition) is 1. The molecule has 1 fully saturated rings. The number of amides is 1. The third-order valence-corrected chi connectivity index (χ3v) is 7.29. The number of para-hydroxylation sites is 1. The average Bonchev–Trinajstić information content (AvgIpc) is 3.36. The molecule has 1 aliphatic rings. The first-order chi connectivity index (χ1) is 13.9. The Balaban J connectivity index is 1.51. The van der Waals surface area contributed by atoms with Gasteiger partial charge in [-0.25, -0.2) is 12.8 Å². The van der Waals surface area contributed by atoms with Gasteiger partial charge in [0.05, 0.1) is 4.47 Å². The highest BCUT2D eigenvalue weighted by molar-refractivity contribution is 9.10. The third-order valence-electron chi connectivity index (χ3n) is 4.92. The Bertz CT molecular complexity index is 1150. The van der Waals surface area contributed by atoms with Crippen LogP contribution in [0.3, 0.4) is 0 Å². The molecular formula is C20H18BrFN2O4S. The van der Waals surface area contributed by atoms with Crippen molar-refractivity contribution in [1.82, 2.24) is 9.62 Å². The first-order valence-corrected chi connectivity index (χ1v) is 11.3. The summed E-state index contributed by atoms with van der Waals surface area (Å²) < 4.78 is 46.5. The van der Waals surface area contributed by atoms with Gasteiger partial charge in [0.2, 0.25) is 11.0 Å². The fourth-order valence-corrected chi connectivity index (χ4v) is 5.48. The minimum Gasteiger partial charge on any atom is -0.443 e. The molecule has 0 spiro atoms. The lowest BCUT2D eigenvalue weighted by Crippen LogP contribution is -2.45. The molecule has 1 N–H and O–H groups in total. The Morgan fingerprint density at radius 2 is 2.03 bits per heavy atom. The number of halogens is 2. The van der Waals surface area contributed by atoms with Crippen LogP contribution < -0.4 is 5.32 Å². The fourth-order valence-electron chi connectivity index (χ4n) is 3.45. The zero-order chi connectivity index (χ0) is 20.6. The van der Waals surface area contributed by atoms with Gasteiger partial charge < -0.3 is 9.73 Å². The topological polar surface area (TPSA) is 79.6 Å². The van der Waals surface area contributed by atoms with Gasteiger partial charge in [0.25, 0.3) is 10.0 Å². The first kappa shape index (κ1) is 20.1. The van der Waals surface area contributed by atoms with E-state index in [0.717, 1.165) is 0 Å². The molecule has 0 unspecified atom stereocenters. The quantitative estimate of drug-likeness (QED) is 0.602. The second kappa shape index (κ2) is 7.89. The van der Waals surface area contributed by atoms with Crippen molar-refractivity contribution in [2.45, 2.75) is 30.5 Å². The van der Waals surface area contributed by atoms with Gasteiger partial charge in [-0.05, 0) is 52.5 Å². The second-order valence-corrected chi connectivity index (χ2v) is 9.52. The van der Waals surface area contributed by atoms with Crippen LogP contribution in [0.4, 0.5) is 4.39 Å². The number of benzene rings is 2. The van der Waals surface area contributed by atoms with Crippen molar-refractivity contribution >= 4 is 42.8 Å². The maximum absolute atomic E-state index is 13.3. The predicted octanol–water partition coefficient (Wildman–Crippen LogP) is 3.80. The maximum Gasteiger partial charge on any atom is 0.277 e. The lowest BCUT2D eigenvalue weighted by Gasteiger charge is -2.22. The molecule has 2 aromatic carbocycles. The van der Waals surface area contributed by atoms with E-state index >= 15 is 0 Å². The van der Waals surface area contributed by atoms with Gasteiger partial charge in [-0.15, -0.1) is 0 Å². The summed E-state index contributed by atoms with van der Waals surface area (Å²) in [4.78, 5) is 12.7. The maximum atomic E-state index is 13.3. The van der Waals surface area contributed by atoms with Crippen LogP contribution in [0.15, 0.2) is 62.5 Å². The molecule has 6 nitrogen and oxygen atoms in total. The van der Waals surface area contributed by atoms with Crippen molar-refractivity contribution in [2.24, 2.45) is 0 Å². The van der Waals surface area contributed by atoms with Gasteiger partial charge >= 0.3 is 0 Å². The van der Waals surface area contributed by atoms with Crippen LogP contribution in [-0.2, 0) is 21.4 Å². The lowest BCUT2D eigenvalue weighted by atomic mass is 10.2. The number of furan rings is 1. The molecule has 152 valence electrons. The normalized spacial score (nSPS) is 17.7. The van der Waals surface area contributed by atoms with E-state index in [2.05, 4.69) is 21.2 Å². The van der Waals surface area contributed by atoms with Gasteiger partial charge in [0.1, 0.15) is 17.4 Å². The van der Waals surface area contributed by atoms with Crippen molar-refractivity contribution in [3.8, 4) is 0 Å². The summed E-state index contributed by atoms with van der Waals surface area (Å²) in [6, 6.07) is 12.2. The van der Waals surface area contributed by atoms with Gasteiger partial charge in [-0.1, -0.05) is 24.3 Å². The van der Waals surface area contributed by atoms with E-state index in [9.17, 15) is 17.6 Å². The van der Waals surface area contributed by atoms with Gasteiger partial charge in [-0.3, -0.25) is 4.79 Å². The number of nitrogens with zero attached hydrogens (tertiary/aromatic N) is 1. The molecule has 1 amide bonds. The number of carbonyl (C=O) groups excluding carboxylic acids is 1. The summed E-state index contributed by atoms with van der Waals surface area (Å²) >= 11 is 3.11. The molecule has 1 aromatic heterocycles. The van der Waals surface area contributed by atoms with Crippen molar-refractivity contribution in [2.75, 3.05) is 6.54 Å². The highest BCUT2D eigenvalue weighted by atomic mass is 79.9. The number of rotatable bonds is 5. The standard InChI is InChI=1S/C20H18BrFN2O4S/c21-15-10-13(7-8-16(15)22)12-23-20(25)17-5-3-9-24(17)29(26,27)19-11-14-4-1-2-6-18(14)28-19/h1-2,4,6-8,10-11,17H,3,5,9,12H2,(H,23,25)/t17-/m0/s1. The zero-order valence-electron chi connectivity index (χ0n) is 15.3. The van der Waals surface area contributed by atoms with Crippen LogP contribution in [0.1, 0.15) is 18.4 Å². The third kappa shape index (κ3) is 3.94. The highest BCUT2D eigenvalue weighted by Gasteiger charge is 2.40. The fraction of sp³-hybridized carbons (Fsp3) is 0.250. The molecule has 4 rings (SSSR count). The summed E-state index contributed by atoms with van der Waals surface area (Å²) in [6.07, 6.45) is 1.01. The SMILES string of the molecule is O=C(NCc1ccc(F)c(Br)c1)[C@@H]1CCCN1S(=O)(=O)c1cc2ccccc2o1. The van der Waals surface area contributed by atoms with E-state index in [4.69, 9.17) is 4.42 Å². The summed E-state index contributed by atoms with van der Waals surface area (Å²) in [5.41, 5.74) is 1.18. The Hall–Kier alpha value is -2.23. The molecule has 1 saturated heterocycles. The molecule has 3 aromatic rings. The minimum absolute atomic E-state index is 0.166. The van der Waals surface area contributed by atoms with Gasteiger partial charge in [0.15, 0.2) is 0 Å². The average molecular weight is 481 g/mol. The molecule has 29 heavy (non-hydrogen) atoms. The molecule has 0 radical (unpaired) electrons. The van der Waals surface area contributed by atoms with E-state index in [0.29, 0.717) is 33.8 Å². The summed E-state index contributed by atoms with van der Waals surface area (Å²) in [5.74, 6) is -0.776. The lowest BCUT2D eigenvalue weighted by molar-refractivity contribution is -0.124. The Kier molecular flexibility index (Phi) is 5.46. The summed E-state index contributed by atoms with van der Waals surface area (Å²) in [6.45, 7) is 0.423. The number of hydrogen-bond acceptors (Lipinski definition) is 4.